The van der Waals surface area contributed by atoms with Gasteiger partial charge in [0.05, 0.1) is 13.8 Å². The number of carbonyl (C=O) groups is 1. The first-order valence-corrected chi connectivity index (χ1v) is 18.5. The predicted octanol–water partition coefficient (Wildman–Crippen LogP) is 9.72. The minimum atomic E-state index is -1.40. The number of hydrogen-bond donors (Lipinski definition) is 1. The molecule has 1 N–H and O–H groups in total. The van der Waals surface area contributed by atoms with E-state index in [0.29, 0.717) is 0 Å². The third-order valence-electron chi connectivity index (χ3n) is 7.85. The van der Waals surface area contributed by atoms with Crippen LogP contribution in [0.4, 0.5) is 0 Å². The molecule has 1 aromatic heterocycles. The van der Waals surface area contributed by atoms with Gasteiger partial charge in [-0.05, 0) is 43.6 Å². The van der Waals surface area contributed by atoms with E-state index in [1.54, 1.807) is 0 Å². The summed E-state index contributed by atoms with van der Waals surface area (Å²) in [4.78, 5) is 16.5. The van der Waals surface area contributed by atoms with Gasteiger partial charge in [0.25, 0.3) is 0 Å². The molecule has 0 spiro atoms. The van der Waals surface area contributed by atoms with Crippen LogP contribution in [-0.2, 0) is 30.3 Å². The fourth-order valence-electron chi connectivity index (χ4n) is 5.25. The van der Waals surface area contributed by atoms with Gasteiger partial charge in [0.2, 0.25) is 0 Å². The number of nitrogens with zero attached hydrogens (tertiary/aromatic N) is 1. The van der Waals surface area contributed by atoms with Crippen molar-refractivity contribution in [2.75, 3.05) is 0 Å². The zero-order valence-electron chi connectivity index (χ0n) is 27.2. The van der Waals surface area contributed by atoms with Crippen molar-refractivity contribution in [2.24, 2.45) is 11.8 Å². The number of fused-ring (bicyclic) bond motifs is 1. The van der Waals surface area contributed by atoms with Crippen molar-refractivity contribution < 1.29 is 30.0 Å². The summed E-state index contributed by atoms with van der Waals surface area (Å²) in [5.41, 5.74) is 4.88. The van der Waals surface area contributed by atoms with Crippen LogP contribution in [0, 0.1) is 24.8 Å². The molecule has 3 aromatic rings. The van der Waals surface area contributed by atoms with E-state index in [9.17, 15) is 9.90 Å². The maximum atomic E-state index is 11.7. The molecule has 3 nitrogen and oxygen atoms in total. The van der Waals surface area contributed by atoms with E-state index in [4.69, 9.17) is 4.98 Å². The largest absolute Gasteiger partial charge is 0.512 e. The SMILES string of the molecule is CCC(CC)C(=O)/C=C(\O)C(CC)CC.Cc1cnc(-c2[c-]c3ccccc3c(C(C)(C)C)c2)cc1[Si](C)(C)C.[Ir]. The number of pyridine rings is 1. The number of allylic oxidation sites excluding steroid dienone is 2. The normalized spacial score (nSPS) is 12.3. The Morgan fingerprint density at radius 2 is 1.54 bits per heavy atom. The van der Waals surface area contributed by atoms with Gasteiger partial charge < -0.3 is 5.11 Å². The number of aryl methyl sites for hydroxylation is 1. The summed E-state index contributed by atoms with van der Waals surface area (Å²) in [6.07, 6.45) is 6.94. The Kier molecular flexibility index (Phi) is 14.4. The molecule has 0 bridgehead atoms. The number of carbonyl (C=O) groups excluding carboxylic acids is 1. The Balaban J connectivity index is 0.000000456. The summed E-state index contributed by atoms with van der Waals surface area (Å²) in [6, 6.07) is 16.7. The van der Waals surface area contributed by atoms with Crippen LogP contribution in [-0.4, -0.2) is 23.9 Å². The van der Waals surface area contributed by atoms with Gasteiger partial charge in [0.15, 0.2) is 5.78 Å². The van der Waals surface area contributed by atoms with Crippen LogP contribution < -0.4 is 5.19 Å². The molecule has 0 saturated carbocycles. The first-order valence-electron chi connectivity index (χ1n) is 15.0. The average Bonchev–Trinajstić information content (AvgIpc) is 2.89. The molecule has 0 unspecified atom stereocenters. The Morgan fingerprint density at radius 1 is 0.976 bits per heavy atom. The van der Waals surface area contributed by atoms with Crippen LogP contribution >= 0.6 is 0 Å². The standard InChI is InChI=1S/C23H28NSi.C13H24O2.Ir/c1-16-15-24-21(14-22(16)25(5,6)7)18-12-17-10-8-9-11-19(17)20(13-18)23(2,3)4;1-5-10(6-2)12(14)9-13(15)11(7-3)8-4;/h8-11,13-15H,1-7H3;9-11,14H,5-8H2,1-4H3;/q-1;;/b;12-9-;. The first kappa shape index (κ1) is 37.0. The minimum Gasteiger partial charge on any atom is -0.512 e. The Bertz CT molecular complexity index is 1310. The molecule has 1 radical (unpaired) electrons. The Hall–Kier alpha value is -2.07. The summed E-state index contributed by atoms with van der Waals surface area (Å²) in [6.45, 7) is 24.2. The van der Waals surface area contributed by atoms with E-state index in [0.717, 1.165) is 36.9 Å². The molecule has 1 heterocycles. The van der Waals surface area contributed by atoms with Crippen molar-refractivity contribution in [2.45, 2.75) is 106 Å². The van der Waals surface area contributed by atoms with Crippen LogP contribution in [0.25, 0.3) is 22.0 Å². The monoisotopic (exact) mass is 751 g/mol. The maximum Gasteiger partial charge on any atom is 0.162 e. The van der Waals surface area contributed by atoms with Crippen LogP contribution in [0.15, 0.2) is 54.4 Å². The van der Waals surface area contributed by atoms with Gasteiger partial charge in [0, 0.05) is 49.9 Å². The van der Waals surface area contributed by atoms with Crippen molar-refractivity contribution >= 4 is 29.8 Å². The molecular formula is C36H52IrNO2Si-. The van der Waals surface area contributed by atoms with Crippen molar-refractivity contribution in [1.29, 1.82) is 0 Å². The van der Waals surface area contributed by atoms with Crippen LogP contribution in [0.1, 0.15) is 85.3 Å². The molecule has 41 heavy (non-hydrogen) atoms. The number of aliphatic hydroxyl groups is 1. The molecule has 0 aliphatic carbocycles. The number of rotatable bonds is 9. The third-order valence-corrected chi connectivity index (χ3v) is 10.0. The zero-order chi connectivity index (χ0) is 30.3. The zero-order valence-corrected chi connectivity index (χ0v) is 30.6. The third kappa shape index (κ3) is 10.0. The number of benzene rings is 2. The van der Waals surface area contributed by atoms with Crippen LogP contribution in [0.2, 0.25) is 19.6 Å². The quantitative estimate of drug-likeness (QED) is 0.103. The van der Waals surface area contributed by atoms with Gasteiger partial charge in [-0.1, -0.05) is 109 Å². The molecule has 0 aliphatic rings. The Labute approximate surface area is 264 Å². The van der Waals surface area contributed by atoms with Crippen molar-refractivity contribution in [3.8, 4) is 11.3 Å². The minimum absolute atomic E-state index is 0. The molecule has 0 amide bonds. The average molecular weight is 751 g/mol. The van der Waals surface area contributed by atoms with Crippen molar-refractivity contribution in [3.63, 3.8) is 0 Å². The van der Waals surface area contributed by atoms with Gasteiger partial charge in [-0.2, -0.15) is 0 Å². The fourth-order valence-corrected chi connectivity index (χ4v) is 7.06. The smallest absolute Gasteiger partial charge is 0.162 e. The van der Waals surface area contributed by atoms with E-state index in [2.05, 4.69) is 89.8 Å². The van der Waals surface area contributed by atoms with E-state index in [1.807, 2.05) is 33.9 Å². The second-order valence-electron chi connectivity index (χ2n) is 13.0. The maximum absolute atomic E-state index is 11.7. The van der Waals surface area contributed by atoms with Gasteiger partial charge in [-0.15, -0.1) is 29.1 Å². The molecule has 3 rings (SSSR count). The second kappa shape index (κ2) is 16.0. The molecule has 5 heteroatoms. The van der Waals surface area contributed by atoms with Gasteiger partial charge in [-0.3, -0.25) is 9.78 Å². The van der Waals surface area contributed by atoms with E-state index in [1.165, 1.54) is 33.2 Å². The van der Waals surface area contributed by atoms with Crippen LogP contribution in [0.5, 0.6) is 0 Å². The number of ketones is 1. The first-order chi connectivity index (χ1) is 18.7. The molecule has 0 saturated heterocycles. The molecule has 0 fully saturated rings. The number of hydrogen-bond acceptors (Lipinski definition) is 3. The topological polar surface area (TPSA) is 50.2 Å². The second-order valence-corrected chi connectivity index (χ2v) is 18.1. The van der Waals surface area contributed by atoms with E-state index >= 15 is 0 Å². The Morgan fingerprint density at radius 3 is 2.05 bits per heavy atom. The fraction of sp³-hybridized carbons (Fsp3) is 0.500. The van der Waals surface area contributed by atoms with E-state index in [-0.39, 0.29) is 48.9 Å². The van der Waals surface area contributed by atoms with Crippen molar-refractivity contribution in [1.82, 2.24) is 4.98 Å². The van der Waals surface area contributed by atoms with E-state index < -0.39 is 8.07 Å². The molecular weight excluding hydrogens is 699 g/mol. The van der Waals surface area contributed by atoms with Crippen molar-refractivity contribution in [3.05, 3.63) is 71.6 Å². The predicted molar refractivity (Wildman–Crippen MR) is 176 cm³/mol. The number of aliphatic hydroxyl groups excluding tert-OH is 1. The van der Waals surface area contributed by atoms with Gasteiger partial charge in [0.1, 0.15) is 0 Å². The summed E-state index contributed by atoms with van der Waals surface area (Å²) >= 11 is 0. The molecule has 0 atom stereocenters. The summed E-state index contributed by atoms with van der Waals surface area (Å²) in [5, 5.41) is 13.7. The van der Waals surface area contributed by atoms with Gasteiger partial charge in [-0.25, -0.2) is 0 Å². The summed E-state index contributed by atoms with van der Waals surface area (Å²) in [7, 11) is -1.40. The molecule has 2 aromatic carbocycles. The van der Waals surface area contributed by atoms with Crippen LogP contribution in [0.3, 0.4) is 0 Å². The molecule has 0 aliphatic heterocycles. The van der Waals surface area contributed by atoms with Gasteiger partial charge >= 0.3 is 0 Å². The molecule has 227 valence electrons. The summed E-state index contributed by atoms with van der Waals surface area (Å²) in [5.74, 6) is 0.547. The number of aromatic nitrogens is 1. The summed E-state index contributed by atoms with van der Waals surface area (Å²) < 4.78 is 0.